The normalized spacial score (nSPS) is 24.2. The average molecular weight is 234 g/mol. The molecule has 0 radical (unpaired) electrons. The fourth-order valence-electron chi connectivity index (χ4n) is 1.76. The van der Waals surface area contributed by atoms with E-state index in [4.69, 9.17) is 10.00 Å². The van der Waals surface area contributed by atoms with E-state index in [0.29, 0.717) is 17.0 Å². The van der Waals surface area contributed by atoms with E-state index in [0.717, 1.165) is 24.3 Å². The van der Waals surface area contributed by atoms with Gasteiger partial charge in [-0.3, -0.25) is 0 Å². The summed E-state index contributed by atoms with van der Waals surface area (Å²) in [5, 5.41) is 9.33. The van der Waals surface area contributed by atoms with Crippen LogP contribution in [0.25, 0.3) is 0 Å². The third-order valence-electron chi connectivity index (χ3n) is 2.71. The molecule has 0 spiro atoms. The molecule has 1 aromatic rings. The predicted octanol–water partition coefficient (Wildman–Crippen LogP) is 2.36. The minimum atomic E-state index is 0.349. The van der Waals surface area contributed by atoms with Crippen LogP contribution in [0.15, 0.2) is 18.3 Å². The Bertz CT molecular complexity index is 402. The summed E-state index contributed by atoms with van der Waals surface area (Å²) < 4.78 is 5.51. The van der Waals surface area contributed by atoms with Crippen molar-refractivity contribution in [3.05, 3.63) is 29.6 Å². The Kier molecular flexibility index (Phi) is 3.81. The number of hydrogen-bond acceptors (Lipinski definition) is 4. The second-order valence-electron chi connectivity index (χ2n) is 3.88. The molecular formula is C12H14N2OS. The highest BCUT2D eigenvalue weighted by Gasteiger charge is 2.24. The Hall–Kier alpha value is -1.05. The number of rotatable bonds is 3. The van der Waals surface area contributed by atoms with Gasteiger partial charge in [0.05, 0.1) is 6.10 Å². The molecule has 1 aromatic heterocycles. The fraction of sp³-hybridized carbons (Fsp3) is 0.500. The molecule has 1 saturated heterocycles. The molecule has 4 heteroatoms. The first-order valence-electron chi connectivity index (χ1n) is 5.38. The van der Waals surface area contributed by atoms with E-state index in [2.05, 4.69) is 18.0 Å². The Labute approximate surface area is 99.8 Å². The molecule has 0 saturated carbocycles. The zero-order valence-electron chi connectivity index (χ0n) is 9.22. The lowest BCUT2D eigenvalue weighted by atomic mass is 10.2. The van der Waals surface area contributed by atoms with Gasteiger partial charge in [-0.25, -0.2) is 4.98 Å². The molecule has 2 unspecified atom stereocenters. The molecule has 0 bridgehead atoms. The van der Waals surface area contributed by atoms with E-state index in [1.54, 1.807) is 6.20 Å². The highest BCUT2D eigenvalue weighted by molar-refractivity contribution is 7.99. The summed E-state index contributed by atoms with van der Waals surface area (Å²) in [5.41, 5.74) is 1.66. The molecule has 0 amide bonds. The standard InChI is InChI=1S/C12H14N2OS/c1-9-12(3-5-15-9)16-8-10-2-4-14-11(6-10)7-13/h2,4,6,9,12H,3,5,8H2,1H3. The van der Waals surface area contributed by atoms with Crippen molar-refractivity contribution in [3.63, 3.8) is 0 Å². The molecule has 2 rings (SSSR count). The molecule has 1 fully saturated rings. The first kappa shape index (κ1) is 11.4. The average Bonchev–Trinajstić information content (AvgIpc) is 2.72. The second kappa shape index (κ2) is 5.33. The van der Waals surface area contributed by atoms with Gasteiger partial charge in [-0.1, -0.05) is 0 Å². The highest BCUT2D eigenvalue weighted by Crippen LogP contribution is 2.28. The monoisotopic (exact) mass is 234 g/mol. The van der Waals surface area contributed by atoms with Gasteiger partial charge in [0.1, 0.15) is 11.8 Å². The van der Waals surface area contributed by atoms with Crippen molar-refractivity contribution in [3.8, 4) is 6.07 Å². The van der Waals surface area contributed by atoms with Gasteiger partial charge in [-0.05, 0) is 31.0 Å². The van der Waals surface area contributed by atoms with Crippen molar-refractivity contribution < 1.29 is 4.74 Å². The quantitative estimate of drug-likeness (QED) is 0.805. The zero-order valence-corrected chi connectivity index (χ0v) is 10.0. The minimum Gasteiger partial charge on any atom is -0.377 e. The van der Waals surface area contributed by atoms with E-state index in [1.807, 2.05) is 23.9 Å². The molecule has 84 valence electrons. The summed E-state index contributed by atoms with van der Waals surface area (Å²) in [6, 6.07) is 5.88. The van der Waals surface area contributed by atoms with Crippen LogP contribution < -0.4 is 0 Å². The van der Waals surface area contributed by atoms with E-state index in [-0.39, 0.29) is 0 Å². The van der Waals surface area contributed by atoms with Gasteiger partial charge in [0, 0.05) is 23.8 Å². The molecule has 1 aliphatic rings. The van der Waals surface area contributed by atoms with Gasteiger partial charge >= 0.3 is 0 Å². The molecule has 3 nitrogen and oxygen atoms in total. The Morgan fingerprint density at radius 1 is 1.69 bits per heavy atom. The van der Waals surface area contributed by atoms with Crippen LogP contribution in [0, 0.1) is 11.3 Å². The third-order valence-corrected chi connectivity index (χ3v) is 4.26. The summed E-state index contributed by atoms with van der Waals surface area (Å²) in [6.45, 7) is 3.00. The molecule has 1 aliphatic heterocycles. The number of aromatic nitrogens is 1. The lowest BCUT2D eigenvalue weighted by molar-refractivity contribution is 0.127. The van der Waals surface area contributed by atoms with Crippen molar-refractivity contribution in [2.24, 2.45) is 0 Å². The van der Waals surface area contributed by atoms with E-state index in [9.17, 15) is 0 Å². The largest absolute Gasteiger partial charge is 0.377 e. The summed E-state index contributed by atoms with van der Waals surface area (Å²) in [5.74, 6) is 0.926. The predicted molar refractivity (Wildman–Crippen MR) is 64.1 cm³/mol. The summed E-state index contributed by atoms with van der Waals surface area (Å²) in [4.78, 5) is 3.96. The van der Waals surface area contributed by atoms with Crippen LogP contribution in [0.3, 0.4) is 0 Å². The molecule has 0 N–H and O–H groups in total. The Balaban J connectivity index is 1.92. The van der Waals surface area contributed by atoms with Crippen molar-refractivity contribution in [1.82, 2.24) is 4.98 Å². The number of nitrogens with zero attached hydrogens (tertiary/aromatic N) is 2. The highest BCUT2D eigenvalue weighted by atomic mass is 32.2. The van der Waals surface area contributed by atoms with E-state index in [1.165, 1.54) is 0 Å². The van der Waals surface area contributed by atoms with Crippen molar-refractivity contribution in [2.75, 3.05) is 6.61 Å². The van der Waals surface area contributed by atoms with Crippen LogP contribution in [-0.4, -0.2) is 22.9 Å². The Morgan fingerprint density at radius 3 is 3.25 bits per heavy atom. The van der Waals surface area contributed by atoms with Gasteiger partial charge in [0.15, 0.2) is 0 Å². The maximum absolute atomic E-state index is 8.74. The van der Waals surface area contributed by atoms with Gasteiger partial charge in [-0.15, -0.1) is 0 Å². The van der Waals surface area contributed by atoms with Gasteiger partial charge < -0.3 is 4.74 Å². The number of ether oxygens (including phenoxy) is 1. The Morgan fingerprint density at radius 2 is 2.56 bits per heavy atom. The third kappa shape index (κ3) is 2.75. The van der Waals surface area contributed by atoms with E-state index < -0.39 is 0 Å². The molecule has 2 atom stereocenters. The lowest BCUT2D eigenvalue weighted by Crippen LogP contribution is -2.13. The first-order chi connectivity index (χ1) is 7.79. The topological polar surface area (TPSA) is 45.9 Å². The number of nitriles is 1. The summed E-state index contributed by atoms with van der Waals surface area (Å²) in [6.07, 6.45) is 3.17. The van der Waals surface area contributed by atoms with Crippen LogP contribution >= 0.6 is 11.8 Å². The smallest absolute Gasteiger partial charge is 0.140 e. The maximum Gasteiger partial charge on any atom is 0.140 e. The number of pyridine rings is 1. The molecule has 0 aromatic carbocycles. The number of hydrogen-bond donors (Lipinski definition) is 0. The summed E-state index contributed by atoms with van der Waals surface area (Å²) >= 11 is 1.90. The van der Waals surface area contributed by atoms with Crippen LogP contribution in [0.5, 0.6) is 0 Å². The number of thioether (sulfide) groups is 1. The fourth-order valence-corrected chi connectivity index (χ4v) is 2.96. The SMILES string of the molecule is CC1OCCC1SCc1ccnc(C#N)c1. The van der Waals surface area contributed by atoms with Crippen molar-refractivity contribution >= 4 is 11.8 Å². The van der Waals surface area contributed by atoms with Crippen LogP contribution in [0.2, 0.25) is 0 Å². The molecule has 2 heterocycles. The van der Waals surface area contributed by atoms with Crippen molar-refractivity contribution in [2.45, 2.75) is 30.5 Å². The minimum absolute atomic E-state index is 0.349. The molecular weight excluding hydrogens is 220 g/mol. The van der Waals surface area contributed by atoms with Crippen LogP contribution in [0.4, 0.5) is 0 Å². The zero-order chi connectivity index (χ0) is 11.4. The van der Waals surface area contributed by atoms with Gasteiger partial charge in [0.2, 0.25) is 0 Å². The van der Waals surface area contributed by atoms with Crippen LogP contribution in [0.1, 0.15) is 24.6 Å². The maximum atomic E-state index is 8.74. The lowest BCUT2D eigenvalue weighted by Gasteiger charge is -2.13. The molecule has 16 heavy (non-hydrogen) atoms. The van der Waals surface area contributed by atoms with Gasteiger partial charge in [-0.2, -0.15) is 17.0 Å². The molecule has 0 aliphatic carbocycles. The second-order valence-corrected chi connectivity index (χ2v) is 5.10. The van der Waals surface area contributed by atoms with Crippen LogP contribution in [-0.2, 0) is 10.5 Å². The first-order valence-corrected chi connectivity index (χ1v) is 6.42. The van der Waals surface area contributed by atoms with E-state index >= 15 is 0 Å². The summed E-state index contributed by atoms with van der Waals surface area (Å²) in [7, 11) is 0. The van der Waals surface area contributed by atoms with Gasteiger partial charge in [0.25, 0.3) is 0 Å². The van der Waals surface area contributed by atoms with Crippen molar-refractivity contribution in [1.29, 1.82) is 5.26 Å².